The van der Waals surface area contributed by atoms with Crippen molar-refractivity contribution in [1.82, 2.24) is 0 Å². The third-order valence-electron chi connectivity index (χ3n) is 3.73. The molecule has 0 amide bonds. The average molecular weight is 312 g/mol. The summed E-state index contributed by atoms with van der Waals surface area (Å²) in [5.74, 6) is 1.60. The second-order valence-electron chi connectivity index (χ2n) is 5.92. The van der Waals surface area contributed by atoms with Crippen LogP contribution >= 0.6 is 0 Å². The zero-order valence-electron chi connectivity index (χ0n) is 12.5. The minimum Gasteiger partial charge on any atom is -0.493 e. The number of hydrogen-bond acceptors (Lipinski definition) is 4. The van der Waals surface area contributed by atoms with Crippen LogP contribution in [0.1, 0.15) is 37.7 Å². The van der Waals surface area contributed by atoms with Crippen molar-refractivity contribution in [3.63, 3.8) is 0 Å². The van der Waals surface area contributed by atoms with Crippen LogP contribution in [-0.4, -0.2) is 38.2 Å². The van der Waals surface area contributed by atoms with E-state index in [4.69, 9.17) is 9.84 Å². The molecule has 0 spiro atoms. The van der Waals surface area contributed by atoms with E-state index in [2.05, 4.69) is 0 Å². The Morgan fingerprint density at radius 3 is 2.81 bits per heavy atom. The lowest BCUT2D eigenvalue weighted by Crippen LogP contribution is -2.17. The summed E-state index contributed by atoms with van der Waals surface area (Å²) in [7, 11) is -3.12. The molecule has 0 heterocycles. The zero-order chi connectivity index (χ0) is 15.3. The number of hydrogen-bond donors (Lipinski definition) is 1. The molecule has 2 rings (SSSR count). The third-order valence-corrected chi connectivity index (χ3v) is 5.65. The van der Waals surface area contributed by atoms with Gasteiger partial charge in [-0.2, -0.15) is 0 Å². The molecule has 1 N–H and O–H groups in total. The molecule has 1 aromatic carbocycles. The van der Waals surface area contributed by atoms with E-state index in [1.54, 1.807) is 0 Å². The molecule has 0 saturated heterocycles. The van der Waals surface area contributed by atoms with Gasteiger partial charge in [0.1, 0.15) is 5.75 Å². The summed E-state index contributed by atoms with van der Waals surface area (Å²) in [6, 6.07) is 7.71. The van der Waals surface area contributed by atoms with E-state index in [1.165, 1.54) is 12.8 Å². The highest BCUT2D eigenvalue weighted by Gasteiger charge is 2.22. The molecule has 4 nitrogen and oxygen atoms in total. The number of aliphatic hydroxyl groups is 1. The van der Waals surface area contributed by atoms with Gasteiger partial charge in [-0.25, -0.2) is 8.42 Å². The van der Waals surface area contributed by atoms with Crippen LogP contribution in [0.5, 0.6) is 5.75 Å². The Morgan fingerprint density at radius 2 is 2.14 bits per heavy atom. The standard InChI is InChI=1S/C16H24O4S/c1-13(12-21(18,19)9-3-8-17)15-4-2-5-16(10-15)20-11-14-6-7-14/h2,4-5,10,13-14,17H,3,6-9,11-12H2,1H3/t13-/m0/s1. The van der Waals surface area contributed by atoms with Crippen molar-refractivity contribution in [2.75, 3.05) is 24.7 Å². The van der Waals surface area contributed by atoms with Gasteiger partial charge >= 0.3 is 0 Å². The largest absolute Gasteiger partial charge is 0.493 e. The van der Waals surface area contributed by atoms with Crippen LogP contribution in [0.3, 0.4) is 0 Å². The number of benzene rings is 1. The predicted octanol–water partition coefficient (Wildman–Crippen LogP) is 2.38. The molecule has 1 aliphatic rings. The summed E-state index contributed by atoms with van der Waals surface area (Å²) in [5.41, 5.74) is 0.982. The van der Waals surface area contributed by atoms with Crippen molar-refractivity contribution < 1.29 is 18.3 Å². The molecule has 0 aromatic heterocycles. The van der Waals surface area contributed by atoms with Crippen molar-refractivity contribution in [2.45, 2.75) is 32.1 Å². The van der Waals surface area contributed by atoms with Gasteiger partial charge in [0.05, 0.1) is 18.1 Å². The van der Waals surface area contributed by atoms with E-state index in [-0.39, 0.29) is 24.0 Å². The second-order valence-corrected chi connectivity index (χ2v) is 8.15. The van der Waals surface area contributed by atoms with E-state index < -0.39 is 9.84 Å². The molecule has 1 aliphatic carbocycles. The van der Waals surface area contributed by atoms with E-state index in [0.717, 1.165) is 17.9 Å². The first-order chi connectivity index (χ1) is 10.00. The van der Waals surface area contributed by atoms with Crippen molar-refractivity contribution in [1.29, 1.82) is 0 Å². The minimum absolute atomic E-state index is 0.0473. The average Bonchev–Trinajstić information content (AvgIpc) is 3.27. The van der Waals surface area contributed by atoms with Gasteiger partial charge in [-0.1, -0.05) is 19.1 Å². The smallest absolute Gasteiger partial charge is 0.150 e. The van der Waals surface area contributed by atoms with Crippen LogP contribution in [0.2, 0.25) is 0 Å². The minimum atomic E-state index is -3.12. The van der Waals surface area contributed by atoms with Crippen LogP contribution in [-0.2, 0) is 9.84 Å². The van der Waals surface area contributed by atoms with Crippen LogP contribution in [0.15, 0.2) is 24.3 Å². The second kappa shape index (κ2) is 7.27. The molecular weight excluding hydrogens is 288 g/mol. The molecule has 0 unspecified atom stereocenters. The summed E-state index contributed by atoms with van der Waals surface area (Å²) in [5, 5.41) is 8.75. The summed E-state index contributed by atoms with van der Waals surface area (Å²) >= 11 is 0. The fraction of sp³-hybridized carbons (Fsp3) is 0.625. The quantitative estimate of drug-likeness (QED) is 0.760. The fourth-order valence-electron chi connectivity index (χ4n) is 2.25. The summed E-state index contributed by atoms with van der Waals surface area (Å²) < 4.78 is 29.6. The molecule has 1 atom stereocenters. The third kappa shape index (κ3) is 5.67. The Labute approximate surface area is 127 Å². The van der Waals surface area contributed by atoms with Crippen molar-refractivity contribution in [3.05, 3.63) is 29.8 Å². The van der Waals surface area contributed by atoms with Gasteiger partial charge in [-0.3, -0.25) is 0 Å². The molecule has 0 bridgehead atoms. The van der Waals surface area contributed by atoms with Gasteiger partial charge in [0.15, 0.2) is 9.84 Å². The Hall–Kier alpha value is -1.07. The van der Waals surface area contributed by atoms with Crippen LogP contribution in [0.25, 0.3) is 0 Å². The van der Waals surface area contributed by atoms with Crippen LogP contribution in [0, 0.1) is 5.92 Å². The van der Waals surface area contributed by atoms with Gasteiger partial charge in [0, 0.05) is 6.61 Å². The topological polar surface area (TPSA) is 63.6 Å². The molecule has 1 saturated carbocycles. The van der Waals surface area contributed by atoms with E-state index >= 15 is 0 Å². The summed E-state index contributed by atoms with van der Waals surface area (Å²) in [6.07, 6.45) is 2.80. The van der Waals surface area contributed by atoms with Gasteiger partial charge < -0.3 is 9.84 Å². The maximum atomic E-state index is 11.9. The maximum Gasteiger partial charge on any atom is 0.150 e. The molecule has 5 heteroatoms. The Morgan fingerprint density at radius 1 is 1.38 bits per heavy atom. The van der Waals surface area contributed by atoms with E-state index in [1.807, 2.05) is 31.2 Å². The lowest BCUT2D eigenvalue weighted by Gasteiger charge is -2.14. The lowest BCUT2D eigenvalue weighted by atomic mass is 10.0. The number of sulfone groups is 1. The first-order valence-corrected chi connectivity index (χ1v) is 9.36. The first-order valence-electron chi connectivity index (χ1n) is 7.54. The number of rotatable bonds is 9. The van der Waals surface area contributed by atoms with Crippen LogP contribution in [0.4, 0.5) is 0 Å². The highest BCUT2D eigenvalue weighted by Crippen LogP contribution is 2.30. The number of aliphatic hydroxyl groups excluding tert-OH is 1. The lowest BCUT2D eigenvalue weighted by molar-refractivity contribution is 0.295. The van der Waals surface area contributed by atoms with Gasteiger partial charge in [0.2, 0.25) is 0 Å². The monoisotopic (exact) mass is 312 g/mol. The van der Waals surface area contributed by atoms with Gasteiger partial charge in [-0.15, -0.1) is 0 Å². The predicted molar refractivity (Wildman–Crippen MR) is 83.4 cm³/mol. The molecule has 21 heavy (non-hydrogen) atoms. The van der Waals surface area contributed by atoms with Crippen molar-refractivity contribution >= 4 is 9.84 Å². The first kappa shape index (κ1) is 16.3. The number of ether oxygens (including phenoxy) is 1. The Balaban J connectivity index is 1.94. The van der Waals surface area contributed by atoms with Crippen LogP contribution < -0.4 is 4.74 Å². The fourth-order valence-corrected chi connectivity index (χ4v) is 3.94. The molecule has 0 radical (unpaired) electrons. The van der Waals surface area contributed by atoms with E-state index in [0.29, 0.717) is 12.3 Å². The maximum absolute atomic E-state index is 11.9. The molecule has 0 aliphatic heterocycles. The molecule has 1 aromatic rings. The SMILES string of the molecule is C[C@@H](CS(=O)(=O)CCCO)c1cccc(OCC2CC2)c1. The van der Waals surface area contributed by atoms with Gasteiger partial charge in [-0.05, 0) is 48.8 Å². The Bertz CT molecular complexity index is 549. The summed E-state index contributed by atoms with van der Waals surface area (Å²) in [4.78, 5) is 0. The highest BCUT2D eigenvalue weighted by molar-refractivity contribution is 7.91. The Kier molecular flexibility index (Phi) is 5.65. The zero-order valence-corrected chi connectivity index (χ0v) is 13.3. The summed E-state index contributed by atoms with van der Waals surface area (Å²) in [6.45, 7) is 2.58. The molecule has 118 valence electrons. The normalized spacial score (nSPS) is 16.7. The van der Waals surface area contributed by atoms with Gasteiger partial charge in [0.25, 0.3) is 0 Å². The van der Waals surface area contributed by atoms with Crippen molar-refractivity contribution in [3.8, 4) is 5.75 Å². The molecular formula is C16H24O4S. The van der Waals surface area contributed by atoms with E-state index in [9.17, 15) is 8.42 Å². The highest BCUT2D eigenvalue weighted by atomic mass is 32.2. The van der Waals surface area contributed by atoms with Crippen molar-refractivity contribution in [2.24, 2.45) is 5.92 Å². The molecule has 1 fully saturated rings.